The van der Waals surface area contributed by atoms with Crippen LogP contribution in [-0.4, -0.2) is 83.5 Å². The summed E-state index contributed by atoms with van der Waals surface area (Å²) < 4.78 is 23.0. The molecule has 136 valence electrons. The molecule has 0 aromatic heterocycles. The molecule has 1 unspecified atom stereocenters. The molecule has 0 aliphatic carbocycles. The predicted molar refractivity (Wildman–Crippen MR) is 90.3 cm³/mol. The van der Waals surface area contributed by atoms with Gasteiger partial charge < -0.3 is 22.9 Å². The van der Waals surface area contributed by atoms with E-state index in [2.05, 4.69) is 11.8 Å². The summed E-state index contributed by atoms with van der Waals surface area (Å²) in [4.78, 5) is 15.7. The zero-order valence-corrected chi connectivity index (χ0v) is 16.2. The Labute approximate surface area is 141 Å². The van der Waals surface area contributed by atoms with Gasteiger partial charge in [0, 0.05) is 46.0 Å². The number of nitrogens with zero attached hydrogens (tertiary/aromatic N) is 2. The molecule has 1 aliphatic heterocycles. The van der Waals surface area contributed by atoms with Gasteiger partial charge in [0.25, 0.3) is 0 Å². The van der Waals surface area contributed by atoms with Gasteiger partial charge in [-0.25, -0.2) is 4.79 Å². The normalized spacial score (nSPS) is 18.0. The maximum Gasteiger partial charge on any atom is 0.519 e. The third-order valence-corrected chi connectivity index (χ3v) is 7.68. The first-order chi connectivity index (χ1) is 11.1. The van der Waals surface area contributed by atoms with Crippen molar-refractivity contribution in [3.63, 3.8) is 0 Å². The standard InChI is InChI=1S/C15H32N2O5Si/c1-6-14(23(20-7-2,21-8-3)22-9-4)16-10-12-17(13-11-16)15(18)19-5/h14H,6-13H2,1-5H3. The Hall–Kier alpha value is -0.673. The van der Waals surface area contributed by atoms with Crippen LogP contribution in [0.25, 0.3) is 0 Å². The topological polar surface area (TPSA) is 60.5 Å². The van der Waals surface area contributed by atoms with Crippen molar-refractivity contribution in [2.24, 2.45) is 0 Å². The summed E-state index contributed by atoms with van der Waals surface area (Å²) in [5.41, 5.74) is 0.113. The molecule has 0 aromatic rings. The van der Waals surface area contributed by atoms with Gasteiger partial charge in [0.15, 0.2) is 0 Å². The summed E-state index contributed by atoms with van der Waals surface area (Å²) in [5, 5.41) is 0. The third-order valence-electron chi connectivity index (χ3n) is 4.02. The maximum atomic E-state index is 11.6. The van der Waals surface area contributed by atoms with Crippen LogP contribution in [-0.2, 0) is 18.0 Å². The molecule has 0 aromatic carbocycles. The van der Waals surface area contributed by atoms with E-state index in [1.165, 1.54) is 7.11 Å². The second-order valence-electron chi connectivity index (χ2n) is 5.32. The molecule has 0 spiro atoms. The van der Waals surface area contributed by atoms with E-state index in [-0.39, 0.29) is 11.8 Å². The Kier molecular flexibility index (Phi) is 9.07. The molecule has 1 rings (SSSR count). The van der Waals surface area contributed by atoms with Gasteiger partial charge in [0.05, 0.1) is 12.8 Å². The number of ether oxygens (including phenoxy) is 1. The molecule has 1 aliphatic rings. The van der Waals surface area contributed by atoms with E-state index < -0.39 is 8.80 Å². The largest absolute Gasteiger partial charge is 0.519 e. The van der Waals surface area contributed by atoms with E-state index in [0.29, 0.717) is 32.9 Å². The first-order valence-electron chi connectivity index (χ1n) is 8.57. The van der Waals surface area contributed by atoms with Crippen molar-refractivity contribution in [1.82, 2.24) is 9.80 Å². The van der Waals surface area contributed by atoms with Crippen LogP contribution in [0.1, 0.15) is 34.1 Å². The van der Waals surface area contributed by atoms with E-state index in [1.807, 2.05) is 20.8 Å². The van der Waals surface area contributed by atoms with Gasteiger partial charge in [0.1, 0.15) is 0 Å². The quantitative estimate of drug-likeness (QED) is 0.592. The summed E-state index contributed by atoms with van der Waals surface area (Å²) >= 11 is 0. The number of rotatable bonds is 9. The lowest BCUT2D eigenvalue weighted by molar-refractivity contribution is 0.0205. The van der Waals surface area contributed by atoms with Crippen LogP contribution in [0.5, 0.6) is 0 Å². The van der Waals surface area contributed by atoms with Crippen LogP contribution >= 0.6 is 0 Å². The molecule has 0 N–H and O–H groups in total. The summed E-state index contributed by atoms with van der Waals surface area (Å²) in [6, 6.07) is 0. The number of carbonyl (C=O) groups excluding carboxylic acids is 1. The van der Waals surface area contributed by atoms with Gasteiger partial charge in [-0.1, -0.05) is 6.92 Å². The average Bonchev–Trinajstić information content (AvgIpc) is 2.56. The Morgan fingerprint density at radius 3 is 1.78 bits per heavy atom. The van der Waals surface area contributed by atoms with Crippen LogP contribution < -0.4 is 0 Å². The average molecular weight is 349 g/mol. The van der Waals surface area contributed by atoms with Crippen molar-refractivity contribution in [2.45, 2.75) is 39.8 Å². The van der Waals surface area contributed by atoms with Crippen LogP contribution in [0.2, 0.25) is 0 Å². The van der Waals surface area contributed by atoms with Crippen molar-refractivity contribution < 1.29 is 22.8 Å². The van der Waals surface area contributed by atoms with Crippen LogP contribution in [0, 0.1) is 0 Å². The predicted octanol–water partition coefficient (Wildman–Crippen LogP) is 1.74. The minimum absolute atomic E-state index is 0.113. The smallest absolute Gasteiger partial charge is 0.453 e. The van der Waals surface area contributed by atoms with Gasteiger partial charge in [-0.15, -0.1) is 0 Å². The number of amides is 1. The molecule has 1 saturated heterocycles. The van der Waals surface area contributed by atoms with Crippen molar-refractivity contribution in [3.8, 4) is 0 Å². The van der Waals surface area contributed by atoms with E-state index in [4.69, 9.17) is 18.0 Å². The van der Waals surface area contributed by atoms with Crippen molar-refractivity contribution >= 4 is 14.9 Å². The van der Waals surface area contributed by atoms with Gasteiger partial charge >= 0.3 is 14.9 Å². The highest BCUT2D eigenvalue weighted by atomic mass is 28.4. The molecular formula is C15H32N2O5Si. The van der Waals surface area contributed by atoms with E-state index >= 15 is 0 Å². The molecular weight excluding hydrogens is 316 g/mol. The van der Waals surface area contributed by atoms with E-state index in [0.717, 1.165) is 19.5 Å². The van der Waals surface area contributed by atoms with Gasteiger partial charge in [-0.05, 0) is 27.2 Å². The molecule has 1 atom stereocenters. The summed E-state index contributed by atoms with van der Waals surface area (Å²) in [6.45, 7) is 12.6. The van der Waals surface area contributed by atoms with Crippen LogP contribution in [0.3, 0.4) is 0 Å². The van der Waals surface area contributed by atoms with Crippen molar-refractivity contribution in [2.75, 3.05) is 53.1 Å². The molecule has 0 saturated carbocycles. The Morgan fingerprint density at radius 1 is 0.957 bits per heavy atom. The highest BCUT2D eigenvalue weighted by Crippen LogP contribution is 2.24. The second kappa shape index (κ2) is 10.2. The fraction of sp³-hybridized carbons (Fsp3) is 0.933. The minimum Gasteiger partial charge on any atom is -0.453 e. The van der Waals surface area contributed by atoms with E-state index in [1.54, 1.807) is 4.90 Å². The van der Waals surface area contributed by atoms with Crippen molar-refractivity contribution in [3.05, 3.63) is 0 Å². The first kappa shape index (κ1) is 20.4. The molecule has 1 fully saturated rings. The zero-order chi connectivity index (χ0) is 17.3. The number of carbonyl (C=O) groups is 1. The number of hydrogen-bond acceptors (Lipinski definition) is 6. The molecule has 0 bridgehead atoms. The number of piperazine rings is 1. The van der Waals surface area contributed by atoms with Crippen LogP contribution in [0.4, 0.5) is 4.79 Å². The van der Waals surface area contributed by atoms with Gasteiger partial charge in [-0.2, -0.15) is 0 Å². The molecule has 0 radical (unpaired) electrons. The number of hydrogen-bond donors (Lipinski definition) is 0. The van der Waals surface area contributed by atoms with Gasteiger partial charge in [0.2, 0.25) is 0 Å². The lowest BCUT2D eigenvalue weighted by Gasteiger charge is -2.44. The summed E-state index contributed by atoms with van der Waals surface area (Å²) in [6.07, 6.45) is 0.630. The van der Waals surface area contributed by atoms with Gasteiger partial charge in [-0.3, -0.25) is 4.90 Å². The Balaban J connectivity index is 2.84. The first-order valence-corrected chi connectivity index (χ1v) is 10.4. The fourth-order valence-electron chi connectivity index (χ4n) is 3.09. The summed E-state index contributed by atoms with van der Waals surface area (Å²) in [7, 11) is -1.36. The Morgan fingerprint density at radius 2 is 1.43 bits per heavy atom. The van der Waals surface area contributed by atoms with E-state index in [9.17, 15) is 4.79 Å². The Bertz CT molecular complexity index is 334. The highest BCUT2D eigenvalue weighted by molar-refractivity contribution is 6.62. The fourth-order valence-corrected chi connectivity index (χ4v) is 6.33. The molecule has 23 heavy (non-hydrogen) atoms. The molecule has 1 amide bonds. The monoisotopic (exact) mass is 348 g/mol. The highest BCUT2D eigenvalue weighted by Gasteiger charge is 2.51. The molecule has 1 heterocycles. The van der Waals surface area contributed by atoms with Crippen LogP contribution in [0.15, 0.2) is 0 Å². The third kappa shape index (κ3) is 5.15. The number of methoxy groups -OCH3 is 1. The molecule has 8 heteroatoms. The molecule has 7 nitrogen and oxygen atoms in total. The second-order valence-corrected chi connectivity index (χ2v) is 8.06. The lowest BCUT2D eigenvalue weighted by atomic mass is 10.3. The SMILES string of the molecule is CCO[Si](OCC)(OCC)C(CC)N1CCN(C(=O)OC)CC1. The maximum absolute atomic E-state index is 11.6. The lowest BCUT2D eigenvalue weighted by Crippen LogP contribution is -2.65. The minimum atomic E-state index is -2.78. The summed E-state index contributed by atoms with van der Waals surface area (Å²) in [5.74, 6) is 0. The zero-order valence-electron chi connectivity index (χ0n) is 15.2. The van der Waals surface area contributed by atoms with Crippen molar-refractivity contribution in [1.29, 1.82) is 0 Å².